The molecule has 120 valence electrons. The van der Waals surface area contributed by atoms with E-state index in [9.17, 15) is 13.6 Å². The van der Waals surface area contributed by atoms with Crippen molar-refractivity contribution >= 4 is 5.91 Å². The first kappa shape index (κ1) is 15.5. The second-order valence-corrected chi connectivity index (χ2v) is 5.69. The van der Waals surface area contributed by atoms with Crippen molar-refractivity contribution in [3.05, 3.63) is 59.2 Å². The summed E-state index contributed by atoms with van der Waals surface area (Å²) in [6, 6.07) is 2.57. The summed E-state index contributed by atoms with van der Waals surface area (Å²) in [6.07, 6.45) is 3.08. The lowest BCUT2D eigenvalue weighted by atomic mass is 10.0. The standard InChI is InChI=1S/C16H16F2N4O/c1-21(2)15(14-11(17)4-3-5-12(14)18)16(23)22-7-10-6-19-9-20-13(10)8-22/h3-6,9,15H,7-8H2,1-2H3. The molecule has 0 fully saturated rings. The molecule has 1 aromatic heterocycles. The zero-order valence-electron chi connectivity index (χ0n) is 12.8. The van der Waals surface area contributed by atoms with Gasteiger partial charge < -0.3 is 4.90 Å². The van der Waals surface area contributed by atoms with Crippen LogP contribution in [0.15, 0.2) is 30.7 Å². The van der Waals surface area contributed by atoms with E-state index in [1.807, 2.05) is 0 Å². The molecule has 1 atom stereocenters. The van der Waals surface area contributed by atoms with Crippen molar-refractivity contribution in [2.75, 3.05) is 14.1 Å². The number of carbonyl (C=O) groups excluding carboxylic acids is 1. The molecule has 1 amide bonds. The quantitative estimate of drug-likeness (QED) is 0.867. The van der Waals surface area contributed by atoms with E-state index in [0.717, 1.165) is 23.4 Å². The third kappa shape index (κ3) is 2.79. The van der Waals surface area contributed by atoms with Crippen LogP contribution in [-0.2, 0) is 17.9 Å². The van der Waals surface area contributed by atoms with Gasteiger partial charge in [-0.1, -0.05) is 6.07 Å². The topological polar surface area (TPSA) is 49.3 Å². The molecular formula is C16H16F2N4O. The van der Waals surface area contributed by atoms with E-state index >= 15 is 0 Å². The van der Waals surface area contributed by atoms with Crippen molar-refractivity contribution in [2.45, 2.75) is 19.1 Å². The van der Waals surface area contributed by atoms with Crippen LogP contribution in [0, 0.1) is 11.6 Å². The number of nitrogens with zero attached hydrogens (tertiary/aromatic N) is 4. The summed E-state index contributed by atoms with van der Waals surface area (Å²) >= 11 is 0. The first-order valence-electron chi connectivity index (χ1n) is 7.16. The molecule has 0 saturated carbocycles. The molecule has 7 heteroatoms. The van der Waals surface area contributed by atoms with E-state index in [1.54, 1.807) is 20.3 Å². The van der Waals surface area contributed by atoms with Crippen molar-refractivity contribution in [2.24, 2.45) is 0 Å². The highest BCUT2D eigenvalue weighted by Crippen LogP contribution is 2.29. The van der Waals surface area contributed by atoms with Crippen molar-refractivity contribution in [3.8, 4) is 0 Å². The molecule has 1 aliphatic heterocycles. The summed E-state index contributed by atoms with van der Waals surface area (Å²) in [7, 11) is 3.24. The number of fused-ring (bicyclic) bond motifs is 1. The summed E-state index contributed by atoms with van der Waals surface area (Å²) in [6.45, 7) is 0.659. The highest BCUT2D eigenvalue weighted by molar-refractivity contribution is 5.84. The van der Waals surface area contributed by atoms with Gasteiger partial charge in [0.25, 0.3) is 0 Å². The lowest BCUT2D eigenvalue weighted by Crippen LogP contribution is -2.38. The molecule has 5 nitrogen and oxygen atoms in total. The third-order valence-corrected chi connectivity index (χ3v) is 3.92. The van der Waals surface area contributed by atoms with Crippen LogP contribution in [0.4, 0.5) is 8.78 Å². The monoisotopic (exact) mass is 318 g/mol. The molecule has 1 unspecified atom stereocenters. The van der Waals surface area contributed by atoms with E-state index in [0.29, 0.717) is 13.1 Å². The van der Waals surface area contributed by atoms with E-state index in [1.165, 1.54) is 22.2 Å². The zero-order chi connectivity index (χ0) is 16.6. The number of halogens is 2. The fourth-order valence-electron chi connectivity index (χ4n) is 2.80. The Bertz CT molecular complexity index is 705. The predicted octanol–water partition coefficient (Wildman–Crippen LogP) is 1.90. The molecule has 3 rings (SSSR count). The van der Waals surface area contributed by atoms with Crippen LogP contribution in [0.25, 0.3) is 0 Å². The maximum Gasteiger partial charge on any atom is 0.245 e. The highest BCUT2D eigenvalue weighted by atomic mass is 19.1. The summed E-state index contributed by atoms with van der Waals surface area (Å²) < 4.78 is 28.2. The molecular weight excluding hydrogens is 302 g/mol. The molecule has 2 aromatic rings. The molecule has 2 heterocycles. The minimum absolute atomic E-state index is 0.232. The first-order chi connectivity index (χ1) is 11.0. The third-order valence-electron chi connectivity index (χ3n) is 3.92. The predicted molar refractivity (Wildman–Crippen MR) is 79.1 cm³/mol. The number of carbonyl (C=O) groups is 1. The number of hydrogen-bond acceptors (Lipinski definition) is 4. The van der Waals surface area contributed by atoms with Crippen LogP contribution in [0.2, 0.25) is 0 Å². The second-order valence-electron chi connectivity index (χ2n) is 5.69. The van der Waals surface area contributed by atoms with Crippen LogP contribution >= 0.6 is 0 Å². The van der Waals surface area contributed by atoms with Gasteiger partial charge >= 0.3 is 0 Å². The fourth-order valence-corrected chi connectivity index (χ4v) is 2.80. The molecule has 0 bridgehead atoms. The Hall–Kier alpha value is -2.41. The average Bonchev–Trinajstić information content (AvgIpc) is 2.94. The van der Waals surface area contributed by atoms with Gasteiger partial charge in [-0.15, -0.1) is 0 Å². The van der Waals surface area contributed by atoms with Crippen molar-refractivity contribution < 1.29 is 13.6 Å². The van der Waals surface area contributed by atoms with Crippen LogP contribution < -0.4 is 0 Å². The zero-order valence-corrected chi connectivity index (χ0v) is 12.8. The van der Waals surface area contributed by atoms with Gasteiger partial charge in [0.1, 0.15) is 24.0 Å². The number of aromatic nitrogens is 2. The maximum atomic E-state index is 14.1. The first-order valence-corrected chi connectivity index (χ1v) is 7.16. The Morgan fingerprint density at radius 1 is 1.26 bits per heavy atom. The molecule has 1 aliphatic rings. The number of amides is 1. The van der Waals surface area contributed by atoms with Gasteiger partial charge in [-0.2, -0.15) is 0 Å². The van der Waals surface area contributed by atoms with Crippen LogP contribution in [-0.4, -0.2) is 39.8 Å². The molecule has 23 heavy (non-hydrogen) atoms. The number of rotatable bonds is 3. The Morgan fingerprint density at radius 3 is 2.57 bits per heavy atom. The molecule has 0 saturated heterocycles. The minimum atomic E-state index is -1.03. The fraction of sp³-hybridized carbons (Fsp3) is 0.312. The molecule has 0 aliphatic carbocycles. The average molecular weight is 318 g/mol. The van der Waals surface area contributed by atoms with Gasteiger partial charge in [0.15, 0.2) is 0 Å². The van der Waals surface area contributed by atoms with Crippen LogP contribution in [0.3, 0.4) is 0 Å². The summed E-state index contributed by atoms with van der Waals surface area (Å²) in [5.41, 5.74) is 1.39. The van der Waals surface area contributed by atoms with Crippen molar-refractivity contribution in [3.63, 3.8) is 0 Å². The SMILES string of the molecule is CN(C)C(C(=O)N1Cc2cncnc2C1)c1c(F)cccc1F. The van der Waals surface area contributed by atoms with Crippen LogP contribution in [0.5, 0.6) is 0 Å². The Labute approximate surface area is 132 Å². The van der Waals surface area contributed by atoms with Crippen LogP contribution in [0.1, 0.15) is 22.9 Å². The second kappa shape index (κ2) is 6.00. The molecule has 0 radical (unpaired) electrons. The van der Waals surface area contributed by atoms with Crippen molar-refractivity contribution in [1.29, 1.82) is 0 Å². The summed E-state index contributed by atoms with van der Waals surface area (Å²) in [5, 5.41) is 0. The van der Waals surface area contributed by atoms with E-state index in [2.05, 4.69) is 9.97 Å². The van der Waals surface area contributed by atoms with E-state index in [-0.39, 0.29) is 11.5 Å². The van der Waals surface area contributed by atoms with Gasteiger partial charge in [-0.3, -0.25) is 9.69 Å². The maximum absolute atomic E-state index is 14.1. The van der Waals surface area contributed by atoms with Gasteiger partial charge in [-0.25, -0.2) is 18.7 Å². The number of benzene rings is 1. The number of hydrogen-bond donors (Lipinski definition) is 0. The summed E-state index contributed by atoms with van der Waals surface area (Å²) in [4.78, 5) is 24.0. The van der Waals surface area contributed by atoms with Gasteiger partial charge in [0.05, 0.1) is 17.8 Å². The molecule has 1 aromatic carbocycles. The lowest BCUT2D eigenvalue weighted by molar-refractivity contribution is -0.137. The lowest BCUT2D eigenvalue weighted by Gasteiger charge is -2.28. The summed E-state index contributed by atoms with van der Waals surface area (Å²) in [5.74, 6) is -1.82. The Kier molecular flexibility index (Phi) is 4.04. The van der Waals surface area contributed by atoms with Gasteiger partial charge in [0.2, 0.25) is 5.91 Å². The smallest absolute Gasteiger partial charge is 0.245 e. The Balaban J connectivity index is 1.93. The van der Waals surface area contributed by atoms with Crippen molar-refractivity contribution in [1.82, 2.24) is 19.8 Å². The normalized spacial score (nSPS) is 14.9. The van der Waals surface area contributed by atoms with Gasteiger partial charge in [-0.05, 0) is 26.2 Å². The molecule has 0 spiro atoms. The largest absolute Gasteiger partial charge is 0.331 e. The highest BCUT2D eigenvalue weighted by Gasteiger charge is 2.35. The van der Waals surface area contributed by atoms with Gasteiger partial charge in [0, 0.05) is 18.3 Å². The number of likely N-dealkylation sites (N-methyl/N-ethyl adjacent to an activating group) is 1. The van der Waals surface area contributed by atoms with E-state index < -0.39 is 17.7 Å². The minimum Gasteiger partial charge on any atom is -0.331 e. The Morgan fingerprint density at radius 2 is 1.96 bits per heavy atom. The van der Waals surface area contributed by atoms with E-state index in [4.69, 9.17) is 0 Å². The molecule has 0 N–H and O–H groups in total.